The third-order valence-corrected chi connectivity index (χ3v) is 3.20. The summed E-state index contributed by atoms with van der Waals surface area (Å²) in [6, 6.07) is 6.87. The van der Waals surface area contributed by atoms with E-state index in [2.05, 4.69) is 4.98 Å². The van der Waals surface area contributed by atoms with Crippen LogP contribution in [0.4, 0.5) is 0 Å². The fraction of sp³-hybridized carbons (Fsp3) is 0.167. The average molecular weight is 342 g/mol. The van der Waals surface area contributed by atoms with E-state index in [0.717, 1.165) is 5.56 Å². The molecule has 0 bridgehead atoms. The number of halogens is 1. The van der Waals surface area contributed by atoms with Gasteiger partial charge in [0.05, 0.1) is 10.1 Å². The van der Waals surface area contributed by atoms with Gasteiger partial charge in [-0.15, -0.1) is 0 Å². The van der Waals surface area contributed by atoms with Crippen LogP contribution >= 0.6 is 22.6 Å². The first-order chi connectivity index (χ1) is 8.08. The molecule has 0 aliphatic rings. The van der Waals surface area contributed by atoms with E-state index in [-0.39, 0.29) is 11.3 Å². The minimum Gasteiger partial charge on any atom is -0.508 e. The molecule has 0 fully saturated rings. The van der Waals surface area contributed by atoms with Gasteiger partial charge in [-0.25, -0.2) is 4.98 Å². The number of aryl methyl sites for hydroxylation is 1. The van der Waals surface area contributed by atoms with Crippen LogP contribution in [0.5, 0.6) is 5.75 Å². The van der Waals surface area contributed by atoms with Gasteiger partial charge in [-0.2, -0.15) is 0 Å². The van der Waals surface area contributed by atoms with Crippen LogP contribution in [0.25, 0.3) is 0 Å². The molecule has 1 aromatic heterocycles. The van der Waals surface area contributed by atoms with Crippen LogP contribution in [-0.4, -0.2) is 14.7 Å². The number of phenolic OH excluding ortho intramolecular Hbond substituents is 1. The van der Waals surface area contributed by atoms with E-state index in [1.165, 1.54) is 0 Å². The van der Waals surface area contributed by atoms with Gasteiger partial charge in [-0.3, -0.25) is 9.36 Å². The van der Waals surface area contributed by atoms with Crippen LogP contribution in [-0.2, 0) is 6.54 Å². The molecule has 0 aliphatic heterocycles. The molecule has 0 aliphatic carbocycles. The van der Waals surface area contributed by atoms with Gasteiger partial charge in [0, 0.05) is 6.20 Å². The molecule has 88 valence electrons. The van der Waals surface area contributed by atoms with Crippen molar-refractivity contribution < 1.29 is 5.11 Å². The van der Waals surface area contributed by atoms with Crippen LogP contribution in [0.15, 0.2) is 35.3 Å². The first kappa shape index (κ1) is 12.1. The fourth-order valence-electron chi connectivity index (χ4n) is 1.57. The van der Waals surface area contributed by atoms with Gasteiger partial charge < -0.3 is 5.11 Å². The lowest BCUT2D eigenvalue weighted by Crippen LogP contribution is -2.26. The predicted octanol–water partition coefficient (Wildman–Crippen LogP) is 1.91. The Kier molecular flexibility index (Phi) is 3.46. The molecular weight excluding hydrogens is 331 g/mol. The molecule has 0 amide bonds. The molecule has 0 spiro atoms. The Hall–Kier alpha value is -1.37. The second kappa shape index (κ2) is 4.87. The van der Waals surface area contributed by atoms with Gasteiger partial charge in [0.25, 0.3) is 5.56 Å². The SMILES string of the molecule is Cc1ncc(I)c(=O)n1Cc1cccc(O)c1. The highest BCUT2D eigenvalue weighted by atomic mass is 127. The van der Waals surface area contributed by atoms with Crippen molar-refractivity contribution in [3.05, 3.63) is 55.8 Å². The number of rotatable bonds is 2. The smallest absolute Gasteiger partial charge is 0.267 e. The Morgan fingerprint density at radius 3 is 2.94 bits per heavy atom. The van der Waals surface area contributed by atoms with E-state index in [4.69, 9.17) is 0 Å². The number of hydrogen-bond acceptors (Lipinski definition) is 3. The summed E-state index contributed by atoms with van der Waals surface area (Å²) in [5, 5.41) is 9.38. The number of phenols is 1. The van der Waals surface area contributed by atoms with Crippen molar-refractivity contribution in [2.24, 2.45) is 0 Å². The van der Waals surface area contributed by atoms with E-state index < -0.39 is 0 Å². The maximum atomic E-state index is 11.9. The summed E-state index contributed by atoms with van der Waals surface area (Å²) in [5.41, 5.74) is 0.820. The molecule has 0 atom stereocenters. The van der Waals surface area contributed by atoms with Crippen LogP contribution in [0.2, 0.25) is 0 Å². The molecule has 0 unspecified atom stereocenters. The zero-order valence-corrected chi connectivity index (χ0v) is 11.4. The lowest BCUT2D eigenvalue weighted by Gasteiger charge is -2.09. The summed E-state index contributed by atoms with van der Waals surface area (Å²) >= 11 is 1.97. The van der Waals surface area contributed by atoms with Crippen LogP contribution in [0.3, 0.4) is 0 Å². The normalized spacial score (nSPS) is 10.5. The molecule has 5 heteroatoms. The number of aromatic nitrogens is 2. The largest absolute Gasteiger partial charge is 0.508 e. The molecule has 0 saturated carbocycles. The van der Waals surface area contributed by atoms with Crippen molar-refractivity contribution >= 4 is 22.6 Å². The summed E-state index contributed by atoms with van der Waals surface area (Å²) in [6.07, 6.45) is 1.57. The number of benzene rings is 1. The van der Waals surface area contributed by atoms with E-state index in [0.29, 0.717) is 15.9 Å². The number of nitrogens with zero attached hydrogens (tertiary/aromatic N) is 2. The van der Waals surface area contributed by atoms with Crippen molar-refractivity contribution in [2.45, 2.75) is 13.5 Å². The summed E-state index contributed by atoms with van der Waals surface area (Å²) in [5.74, 6) is 0.866. The molecule has 1 heterocycles. The third-order valence-electron chi connectivity index (χ3n) is 2.46. The zero-order chi connectivity index (χ0) is 12.4. The Labute approximate surface area is 112 Å². The predicted molar refractivity (Wildman–Crippen MR) is 73.2 cm³/mol. The van der Waals surface area contributed by atoms with Crippen LogP contribution in [0.1, 0.15) is 11.4 Å². The Balaban J connectivity index is 2.43. The number of hydrogen-bond donors (Lipinski definition) is 1. The van der Waals surface area contributed by atoms with Crippen molar-refractivity contribution in [3.8, 4) is 5.75 Å². The van der Waals surface area contributed by atoms with Gasteiger partial charge in [-0.05, 0) is 47.2 Å². The summed E-state index contributed by atoms with van der Waals surface area (Å²) in [4.78, 5) is 16.1. The maximum Gasteiger partial charge on any atom is 0.267 e. The van der Waals surface area contributed by atoms with Crippen molar-refractivity contribution in [2.75, 3.05) is 0 Å². The van der Waals surface area contributed by atoms with E-state index in [1.807, 2.05) is 28.7 Å². The molecule has 17 heavy (non-hydrogen) atoms. The lowest BCUT2D eigenvalue weighted by molar-refractivity contribution is 0.474. The van der Waals surface area contributed by atoms with Gasteiger partial charge in [0.2, 0.25) is 0 Å². The second-order valence-corrected chi connectivity index (χ2v) is 4.88. The Morgan fingerprint density at radius 2 is 2.24 bits per heavy atom. The Morgan fingerprint density at radius 1 is 1.47 bits per heavy atom. The van der Waals surface area contributed by atoms with Crippen molar-refractivity contribution in [1.82, 2.24) is 9.55 Å². The van der Waals surface area contributed by atoms with E-state index in [1.54, 1.807) is 35.9 Å². The summed E-state index contributed by atoms with van der Waals surface area (Å²) < 4.78 is 2.18. The maximum absolute atomic E-state index is 11.9. The van der Waals surface area contributed by atoms with Crippen LogP contribution in [0, 0.1) is 10.5 Å². The molecular formula is C12H11IN2O2. The lowest BCUT2D eigenvalue weighted by atomic mass is 10.2. The third kappa shape index (κ3) is 2.66. The molecule has 1 aromatic carbocycles. The molecule has 1 N–H and O–H groups in total. The first-order valence-electron chi connectivity index (χ1n) is 5.08. The van der Waals surface area contributed by atoms with E-state index >= 15 is 0 Å². The molecule has 2 rings (SSSR count). The molecule has 0 saturated heterocycles. The quantitative estimate of drug-likeness (QED) is 0.849. The number of aromatic hydroxyl groups is 1. The topological polar surface area (TPSA) is 55.1 Å². The highest BCUT2D eigenvalue weighted by Crippen LogP contribution is 2.12. The average Bonchev–Trinajstić information content (AvgIpc) is 2.30. The highest BCUT2D eigenvalue weighted by Gasteiger charge is 2.06. The summed E-state index contributed by atoms with van der Waals surface area (Å²) in [7, 11) is 0. The van der Waals surface area contributed by atoms with Crippen molar-refractivity contribution in [1.29, 1.82) is 0 Å². The minimum atomic E-state index is -0.0542. The van der Waals surface area contributed by atoms with E-state index in [9.17, 15) is 9.90 Å². The first-order valence-corrected chi connectivity index (χ1v) is 6.15. The Bertz CT molecular complexity index is 608. The van der Waals surface area contributed by atoms with Gasteiger partial charge in [0.1, 0.15) is 11.6 Å². The highest BCUT2D eigenvalue weighted by molar-refractivity contribution is 14.1. The molecule has 0 radical (unpaired) electrons. The molecule has 2 aromatic rings. The van der Waals surface area contributed by atoms with Gasteiger partial charge in [0.15, 0.2) is 0 Å². The van der Waals surface area contributed by atoms with Crippen LogP contribution < -0.4 is 5.56 Å². The van der Waals surface area contributed by atoms with Crippen molar-refractivity contribution in [3.63, 3.8) is 0 Å². The van der Waals surface area contributed by atoms with Gasteiger partial charge >= 0.3 is 0 Å². The standard InChI is InChI=1S/C12H11IN2O2/c1-8-14-6-11(13)12(17)15(8)7-9-3-2-4-10(16)5-9/h2-6,16H,7H2,1H3. The second-order valence-electron chi connectivity index (χ2n) is 3.71. The molecule has 4 nitrogen and oxygen atoms in total. The zero-order valence-electron chi connectivity index (χ0n) is 9.22. The summed E-state index contributed by atoms with van der Waals surface area (Å²) in [6.45, 7) is 2.21. The van der Waals surface area contributed by atoms with Gasteiger partial charge in [-0.1, -0.05) is 12.1 Å². The fourth-order valence-corrected chi connectivity index (χ4v) is 2.00. The monoisotopic (exact) mass is 342 g/mol. The minimum absolute atomic E-state index is 0.0542.